The standard InChI is InChI=1S/C12H14F3NO2S/c1-2-8(11(17)18)16-9-5-3-4-6-10(9)19-7-12(13,14)15/h3-6,8,16H,2,7H2,1H3,(H,17,18). The maximum atomic E-state index is 12.2. The molecule has 0 fully saturated rings. The Hall–Kier alpha value is -1.37. The fourth-order valence-electron chi connectivity index (χ4n) is 1.40. The summed E-state index contributed by atoms with van der Waals surface area (Å²) in [6.45, 7) is 1.69. The Labute approximate surface area is 113 Å². The van der Waals surface area contributed by atoms with Gasteiger partial charge in [0.1, 0.15) is 6.04 Å². The van der Waals surface area contributed by atoms with E-state index >= 15 is 0 Å². The Balaban J connectivity index is 2.80. The van der Waals surface area contributed by atoms with E-state index in [0.29, 0.717) is 28.8 Å². The van der Waals surface area contributed by atoms with E-state index in [1.165, 1.54) is 6.07 Å². The van der Waals surface area contributed by atoms with Crippen LogP contribution in [0.1, 0.15) is 13.3 Å². The second-order valence-corrected chi connectivity index (χ2v) is 4.86. The zero-order valence-electron chi connectivity index (χ0n) is 10.2. The lowest BCUT2D eigenvalue weighted by Gasteiger charge is -2.17. The summed E-state index contributed by atoms with van der Waals surface area (Å²) in [4.78, 5) is 11.3. The van der Waals surface area contributed by atoms with Crippen LogP contribution in [-0.4, -0.2) is 29.0 Å². The second kappa shape index (κ2) is 6.70. The smallest absolute Gasteiger partial charge is 0.398 e. The number of carboxylic acids is 1. The second-order valence-electron chi connectivity index (χ2n) is 3.84. The number of nitrogens with one attached hydrogen (secondary N) is 1. The molecule has 1 aromatic rings. The van der Waals surface area contributed by atoms with Gasteiger partial charge < -0.3 is 10.4 Å². The summed E-state index contributed by atoms with van der Waals surface area (Å²) in [5, 5.41) is 11.7. The predicted octanol–water partition coefficient (Wildman–Crippen LogP) is 3.62. The van der Waals surface area contributed by atoms with Gasteiger partial charge in [0.25, 0.3) is 0 Å². The maximum absolute atomic E-state index is 12.2. The average molecular weight is 293 g/mol. The summed E-state index contributed by atoms with van der Waals surface area (Å²) in [6, 6.07) is 5.56. The third-order valence-electron chi connectivity index (χ3n) is 2.31. The molecule has 0 saturated carbocycles. The van der Waals surface area contributed by atoms with Gasteiger partial charge in [0.2, 0.25) is 0 Å². The molecule has 0 saturated heterocycles. The summed E-state index contributed by atoms with van der Waals surface area (Å²) in [5.74, 6) is -2.03. The van der Waals surface area contributed by atoms with Crippen molar-refractivity contribution in [1.82, 2.24) is 0 Å². The average Bonchev–Trinajstić information content (AvgIpc) is 2.33. The molecule has 2 N–H and O–H groups in total. The van der Waals surface area contributed by atoms with Gasteiger partial charge >= 0.3 is 12.1 Å². The molecule has 0 aliphatic carbocycles. The molecule has 1 unspecified atom stereocenters. The van der Waals surface area contributed by atoms with Gasteiger partial charge in [0, 0.05) is 10.6 Å². The number of anilines is 1. The van der Waals surface area contributed by atoms with Crippen molar-refractivity contribution in [1.29, 1.82) is 0 Å². The van der Waals surface area contributed by atoms with Gasteiger partial charge in [-0.3, -0.25) is 0 Å². The van der Waals surface area contributed by atoms with Gasteiger partial charge in [-0.1, -0.05) is 19.1 Å². The number of rotatable bonds is 6. The summed E-state index contributed by atoms with van der Waals surface area (Å²) >= 11 is 0.638. The van der Waals surface area contributed by atoms with Crippen LogP contribution in [0, 0.1) is 0 Å². The van der Waals surface area contributed by atoms with E-state index in [1.54, 1.807) is 25.1 Å². The molecule has 1 atom stereocenters. The topological polar surface area (TPSA) is 49.3 Å². The highest BCUT2D eigenvalue weighted by Crippen LogP contribution is 2.32. The third-order valence-corrected chi connectivity index (χ3v) is 3.45. The number of hydrogen-bond acceptors (Lipinski definition) is 3. The summed E-state index contributed by atoms with van der Waals surface area (Å²) in [5.41, 5.74) is 0.408. The monoisotopic (exact) mass is 293 g/mol. The Bertz CT molecular complexity index is 437. The molecule has 0 amide bonds. The summed E-state index contributed by atoms with van der Waals surface area (Å²) < 4.78 is 36.6. The van der Waals surface area contributed by atoms with Crippen LogP contribution < -0.4 is 5.32 Å². The zero-order valence-corrected chi connectivity index (χ0v) is 11.0. The molecule has 106 valence electrons. The van der Waals surface area contributed by atoms with Crippen LogP contribution in [0.25, 0.3) is 0 Å². The Morgan fingerprint density at radius 1 is 1.42 bits per heavy atom. The fourth-order valence-corrected chi connectivity index (χ4v) is 2.17. The molecule has 0 radical (unpaired) electrons. The molecule has 7 heteroatoms. The number of halogens is 3. The van der Waals surface area contributed by atoms with E-state index in [0.717, 1.165) is 0 Å². The minimum Gasteiger partial charge on any atom is -0.480 e. The molecule has 0 bridgehead atoms. The third kappa shape index (κ3) is 5.42. The highest BCUT2D eigenvalue weighted by molar-refractivity contribution is 7.99. The van der Waals surface area contributed by atoms with Crippen molar-refractivity contribution >= 4 is 23.4 Å². The first-order valence-corrected chi connectivity index (χ1v) is 6.60. The van der Waals surface area contributed by atoms with Crippen LogP contribution in [0.3, 0.4) is 0 Å². The molecule has 0 heterocycles. The van der Waals surface area contributed by atoms with E-state index in [-0.39, 0.29) is 0 Å². The van der Waals surface area contributed by atoms with E-state index < -0.39 is 23.9 Å². The van der Waals surface area contributed by atoms with E-state index in [1.807, 2.05) is 0 Å². The first kappa shape index (κ1) is 15.7. The minimum absolute atomic E-state index is 0.341. The van der Waals surface area contributed by atoms with Crippen LogP contribution in [0.5, 0.6) is 0 Å². The summed E-state index contributed by atoms with van der Waals surface area (Å²) in [7, 11) is 0. The van der Waals surface area contributed by atoms with Crippen LogP contribution in [-0.2, 0) is 4.79 Å². The number of benzene rings is 1. The quantitative estimate of drug-likeness (QED) is 0.787. The van der Waals surface area contributed by atoms with Gasteiger partial charge in [0.15, 0.2) is 0 Å². The van der Waals surface area contributed by atoms with E-state index in [4.69, 9.17) is 5.11 Å². The molecule has 19 heavy (non-hydrogen) atoms. The highest BCUT2D eigenvalue weighted by atomic mass is 32.2. The van der Waals surface area contributed by atoms with Crippen LogP contribution in [0.15, 0.2) is 29.2 Å². The van der Waals surface area contributed by atoms with Crippen molar-refractivity contribution in [2.24, 2.45) is 0 Å². The molecule has 0 aromatic heterocycles. The molecule has 0 spiro atoms. The molecule has 1 rings (SSSR count). The molecule has 1 aromatic carbocycles. The van der Waals surface area contributed by atoms with Crippen LogP contribution in [0.4, 0.5) is 18.9 Å². The van der Waals surface area contributed by atoms with Crippen molar-refractivity contribution in [2.45, 2.75) is 30.5 Å². The van der Waals surface area contributed by atoms with Gasteiger partial charge in [-0.05, 0) is 18.6 Å². The Kier molecular flexibility index (Phi) is 5.53. The lowest BCUT2D eigenvalue weighted by Crippen LogP contribution is -2.28. The van der Waals surface area contributed by atoms with Crippen molar-refractivity contribution in [3.05, 3.63) is 24.3 Å². The van der Waals surface area contributed by atoms with Gasteiger partial charge in [-0.25, -0.2) is 4.79 Å². The summed E-state index contributed by atoms with van der Waals surface area (Å²) in [6.07, 6.45) is -3.91. The molecule has 0 aliphatic heterocycles. The number of carbonyl (C=O) groups is 1. The van der Waals surface area contributed by atoms with Gasteiger partial charge in [0.05, 0.1) is 5.75 Å². The lowest BCUT2D eigenvalue weighted by molar-refractivity contribution is -0.138. The molecule has 0 aliphatic rings. The van der Waals surface area contributed by atoms with Crippen LogP contribution in [0.2, 0.25) is 0 Å². The fraction of sp³-hybridized carbons (Fsp3) is 0.417. The predicted molar refractivity (Wildman–Crippen MR) is 68.6 cm³/mol. The number of hydrogen-bond donors (Lipinski definition) is 2. The largest absolute Gasteiger partial charge is 0.480 e. The number of alkyl halides is 3. The van der Waals surface area contributed by atoms with Gasteiger partial charge in [-0.2, -0.15) is 13.2 Å². The first-order valence-electron chi connectivity index (χ1n) is 5.61. The van der Waals surface area contributed by atoms with Crippen molar-refractivity contribution in [2.75, 3.05) is 11.1 Å². The lowest BCUT2D eigenvalue weighted by atomic mass is 10.2. The number of para-hydroxylation sites is 1. The van der Waals surface area contributed by atoms with Crippen molar-refractivity contribution in [3.63, 3.8) is 0 Å². The number of aliphatic carboxylic acids is 1. The molecular formula is C12H14F3NO2S. The van der Waals surface area contributed by atoms with Gasteiger partial charge in [-0.15, -0.1) is 11.8 Å². The maximum Gasteiger partial charge on any atom is 0.398 e. The van der Waals surface area contributed by atoms with E-state index in [9.17, 15) is 18.0 Å². The normalized spacial score (nSPS) is 13.1. The minimum atomic E-state index is -4.26. The van der Waals surface area contributed by atoms with Crippen molar-refractivity contribution < 1.29 is 23.1 Å². The first-order chi connectivity index (χ1) is 8.83. The molecule has 3 nitrogen and oxygen atoms in total. The number of thioether (sulfide) groups is 1. The molecular weight excluding hydrogens is 279 g/mol. The van der Waals surface area contributed by atoms with E-state index in [2.05, 4.69) is 5.32 Å². The number of carboxylic acid groups (broad SMARTS) is 1. The van der Waals surface area contributed by atoms with Crippen LogP contribution >= 0.6 is 11.8 Å². The Morgan fingerprint density at radius 3 is 2.58 bits per heavy atom. The Morgan fingerprint density at radius 2 is 2.05 bits per heavy atom. The zero-order chi connectivity index (χ0) is 14.5. The SMILES string of the molecule is CCC(Nc1ccccc1SCC(F)(F)F)C(=O)O. The van der Waals surface area contributed by atoms with Crippen molar-refractivity contribution in [3.8, 4) is 0 Å². The highest BCUT2D eigenvalue weighted by Gasteiger charge is 2.28.